The molecule has 1 aliphatic rings. The summed E-state index contributed by atoms with van der Waals surface area (Å²) in [6, 6.07) is 5.72. The number of aryl methyl sites for hydroxylation is 1. The molecule has 0 amide bonds. The Bertz CT molecular complexity index is 1180. The van der Waals surface area contributed by atoms with Crippen molar-refractivity contribution < 1.29 is 29.6 Å². The topological polar surface area (TPSA) is 117 Å². The number of aliphatic hydroxyl groups is 3. The van der Waals surface area contributed by atoms with Gasteiger partial charge in [0.15, 0.2) is 0 Å². The van der Waals surface area contributed by atoms with E-state index in [4.69, 9.17) is 4.74 Å². The highest BCUT2D eigenvalue weighted by molar-refractivity contribution is 14.1. The Morgan fingerprint density at radius 2 is 1.90 bits per heavy atom. The molecule has 0 spiro atoms. The second kappa shape index (κ2) is 13.1. The number of fused-ring (bicyclic) bond motifs is 1. The van der Waals surface area contributed by atoms with Gasteiger partial charge in [-0.25, -0.2) is 4.98 Å². The SMILES string of the molecule is C=CC[C@H]1C(=O)C(C)(C)[C@@H](O)CC(=O)O[C@H](c2ccc3sc(C)nc3c2)C[C@H](O)[C@](C)(I)CCC[C@H](C)[C@@H]1O. The van der Waals surface area contributed by atoms with E-state index in [2.05, 4.69) is 34.2 Å². The third-order valence-electron chi connectivity index (χ3n) is 8.20. The average molecular weight is 672 g/mol. The van der Waals surface area contributed by atoms with Crippen LogP contribution in [0.3, 0.4) is 0 Å². The molecule has 3 rings (SSSR count). The highest BCUT2D eigenvalue weighted by atomic mass is 127. The largest absolute Gasteiger partial charge is 0.457 e. The maximum Gasteiger partial charge on any atom is 0.309 e. The molecule has 1 aliphatic heterocycles. The molecule has 39 heavy (non-hydrogen) atoms. The molecule has 0 aliphatic carbocycles. The predicted octanol–water partition coefficient (Wildman–Crippen LogP) is 5.85. The van der Waals surface area contributed by atoms with E-state index in [1.807, 2.05) is 39.0 Å². The Morgan fingerprint density at radius 1 is 1.21 bits per heavy atom. The minimum absolute atomic E-state index is 0.171. The Morgan fingerprint density at radius 3 is 2.56 bits per heavy atom. The van der Waals surface area contributed by atoms with E-state index >= 15 is 0 Å². The number of benzene rings is 1. The molecule has 1 aromatic carbocycles. The molecule has 0 radical (unpaired) electrons. The van der Waals surface area contributed by atoms with E-state index < -0.39 is 51.6 Å². The molecule has 0 bridgehead atoms. The van der Waals surface area contributed by atoms with Gasteiger partial charge in [0.1, 0.15) is 11.9 Å². The summed E-state index contributed by atoms with van der Waals surface area (Å²) in [5, 5.41) is 34.5. The van der Waals surface area contributed by atoms with E-state index in [9.17, 15) is 24.9 Å². The number of ether oxygens (including phenoxy) is 1. The van der Waals surface area contributed by atoms with Gasteiger partial charge in [0.05, 0.1) is 45.4 Å². The van der Waals surface area contributed by atoms with Crippen molar-refractivity contribution in [2.45, 2.75) is 101 Å². The molecule has 1 saturated heterocycles. The quantitative estimate of drug-likeness (QED) is 0.162. The number of rotatable bonds is 3. The lowest BCUT2D eigenvalue weighted by molar-refractivity contribution is -0.157. The van der Waals surface area contributed by atoms with Gasteiger partial charge in [-0.15, -0.1) is 17.9 Å². The first-order valence-electron chi connectivity index (χ1n) is 13.6. The van der Waals surface area contributed by atoms with Crippen molar-refractivity contribution in [2.75, 3.05) is 0 Å². The zero-order valence-corrected chi connectivity index (χ0v) is 26.5. The van der Waals surface area contributed by atoms with Crippen LogP contribution in [-0.2, 0) is 14.3 Å². The van der Waals surface area contributed by atoms with Gasteiger partial charge in [-0.1, -0.05) is 61.9 Å². The fourth-order valence-electron chi connectivity index (χ4n) is 5.31. The van der Waals surface area contributed by atoms with Gasteiger partial charge in [-0.2, -0.15) is 0 Å². The predicted molar refractivity (Wildman–Crippen MR) is 163 cm³/mol. The number of cyclic esters (lactones) is 1. The summed E-state index contributed by atoms with van der Waals surface area (Å²) >= 11 is 3.84. The van der Waals surface area contributed by atoms with Gasteiger partial charge in [0.2, 0.25) is 0 Å². The molecule has 1 aromatic heterocycles. The number of hydrogen-bond donors (Lipinski definition) is 3. The molecule has 2 heterocycles. The number of allylic oxidation sites excluding steroid dienone is 1. The van der Waals surface area contributed by atoms with Crippen LogP contribution in [0.5, 0.6) is 0 Å². The average Bonchev–Trinajstić information content (AvgIpc) is 3.24. The maximum absolute atomic E-state index is 13.6. The smallest absolute Gasteiger partial charge is 0.309 e. The van der Waals surface area contributed by atoms with Crippen molar-refractivity contribution in [1.29, 1.82) is 0 Å². The van der Waals surface area contributed by atoms with Crippen molar-refractivity contribution in [2.24, 2.45) is 17.3 Å². The number of esters is 1. The van der Waals surface area contributed by atoms with Crippen LogP contribution in [0.25, 0.3) is 10.2 Å². The number of aromatic nitrogens is 1. The van der Waals surface area contributed by atoms with Crippen LogP contribution < -0.4 is 0 Å². The van der Waals surface area contributed by atoms with Crippen LogP contribution in [0.4, 0.5) is 0 Å². The van der Waals surface area contributed by atoms with Gasteiger partial charge in [-0.05, 0) is 56.7 Å². The fraction of sp³-hybridized carbons (Fsp3) is 0.633. The Kier molecular flexibility index (Phi) is 10.8. The van der Waals surface area contributed by atoms with Gasteiger partial charge in [0.25, 0.3) is 0 Å². The van der Waals surface area contributed by atoms with Crippen LogP contribution in [-0.4, -0.2) is 53.8 Å². The first-order chi connectivity index (χ1) is 18.2. The van der Waals surface area contributed by atoms with E-state index in [1.165, 1.54) is 0 Å². The van der Waals surface area contributed by atoms with Crippen LogP contribution in [0.2, 0.25) is 0 Å². The van der Waals surface area contributed by atoms with Gasteiger partial charge in [0, 0.05) is 15.8 Å². The lowest BCUT2D eigenvalue weighted by Crippen LogP contribution is -2.46. The molecular weight excluding hydrogens is 629 g/mol. The molecule has 1 fully saturated rings. The minimum atomic E-state index is -1.32. The number of thiazole rings is 1. The number of carbonyl (C=O) groups excluding carboxylic acids is 2. The molecule has 7 nitrogen and oxygen atoms in total. The number of Topliss-reactive ketones (excluding diaryl/α,β-unsaturated/α-hetero) is 1. The highest BCUT2D eigenvalue weighted by Gasteiger charge is 2.44. The zero-order valence-electron chi connectivity index (χ0n) is 23.5. The van der Waals surface area contributed by atoms with Crippen LogP contribution >= 0.6 is 33.9 Å². The molecule has 3 N–H and O–H groups in total. The third-order valence-corrected chi connectivity index (χ3v) is 10.4. The summed E-state index contributed by atoms with van der Waals surface area (Å²) in [7, 11) is 0. The highest BCUT2D eigenvalue weighted by Crippen LogP contribution is 2.39. The lowest BCUT2D eigenvalue weighted by atomic mass is 9.71. The van der Waals surface area contributed by atoms with E-state index in [-0.39, 0.29) is 24.5 Å². The summed E-state index contributed by atoms with van der Waals surface area (Å²) in [6.45, 7) is 12.8. The Labute approximate surface area is 249 Å². The normalized spacial score (nSPS) is 33.6. The van der Waals surface area contributed by atoms with Crippen molar-refractivity contribution in [3.05, 3.63) is 41.4 Å². The van der Waals surface area contributed by atoms with Crippen LogP contribution in [0, 0.1) is 24.2 Å². The Balaban J connectivity index is 1.97. The lowest BCUT2D eigenvalue weighted by Gasteiger charge is -2.36. The summed E-state index contributed by atoms with van der Waals surface area (Å²) in [4.78, 5) is 31.4. The first-order valence-corrected chi connectivity index (χ1v) is 15.5. The minimum Gasteiger partial charge on any atom is -0.457 e. The van der Waals surface area contributed by atoms with Crippen molar-refractivity contribution in [3.63, 3.8) is 0 Å². The number of aliphatic hydroxyl groups excluding tert-OH is 3. The summed E-state index contributed by atoms with van der Waals surface area (Å²) in [5.41, 5.74) is 0.232. The molecule has 216 valence electrons. The summed E-state index contributed by atoms with van der Waals surface area (Å²) < 4.78 is 6.42. The third kappa shape index (κ3) is 7.67. The molecule has 2 aromatic rings. The molecule has 0 unspecified atom stereocenters. The maximum atomic E-state index is 13.6. The van der Waals surface area contributed by atoms with Crippen LogP contribution in [0.15, 0.2) is 30.9 Å². The summed E-state index contributed by atoms with van der Waals surface area (Å²) in [6.07, 6.45) is 0.000219. The van der Waals surface area contributed by atoms with Crippen molar-refractivity contribution in [1.82, 2.24) is 4.98 Å². The van der Waals surface area contributed by atoms with Gasteiger partial charge < -0.3 is 20.1 Å². The first kappa shape index (κ1) is 32.1. The number of carbonyl (C=O) groups is 2. The van der Waals surface area contributed by atoms with Gasteiger partial charge >= 0.3 is 5.97 Å². The number of nitrogens with zero attached hydrogens (tertiary/aromatic N) is 1. The fourth-order valence-corrected chi connectivity index (χ4v) is 6.75. The Hall–Kier alpha value is -1.40. The second-order valence-corrected chi connectivity index (χ2v) is 15.5. The number of alkyl halides is 1. The second-order valence-electron chi connectivity index (χ2n) is 11.8. The van der Waals surface area contributed by atoms with Gasteiger partial charge in [-0.3, -0.25) is 9.59 Å². The van der Waals surface area contributed by atoms with Crippen molar-refractivity contribution in [3.8, 4) is 0 Å². The standard InChI is InChI=1S/C30H42INO6S/c1-7-9-20-27(36)17(2)10-8-13-30(6,31)25(34)15-22(19-11-12-23-21(14-19)32-18(3)39-23)38-26(35)16-24(33)29(4,5)28(20)37/h7,11-12,14,17,20,22,24-25,27,33-34,36H,1,8-10,13,15-16H2,2-6H3/t17-,20+,22-,24-,25-,27-,30+/m0/s1. The molecular formula is C30H42INO6S. The van der Waals surface area contributed by atoms with E-state index in [0.29, 0.717) is 12.8 Å². The number of hydrogen-bond acceptors (Lipinski definition) is 8. The van der Waals surface area contributed by atoms with E-state index in [0.717, 1.165) is 27.2 Å². The molecule has 7 atom stereocenters. The monoisotopic (exact) mass is 671 g/mol. The van der Waals surface area contributed by atoms with Crippen LogP contribution in [0.1, 0.15) is 82.9 Å². The van der Waals surface area contributed by atoms with Crippen molar-refractivity contribution >= 4 is 55.9 Å². The number of halogens is 1. The number of ketones is 1. The zero-order chi connectivity index (χ0) is 29.1. The molecule has 0 saturated carbocycles. The van der Waals surface area contributed by atoms with E-state index in [1.54, 1.807) is 31.3 Å². The summed E-state index contributed by atoms with van der Waals surface area (Å²) in [5.74, 6) is -1.88. The molecule has 9 heteroatoms.